The third kappa shape index (κ3) is 6.76. The number of nitrogens with zero attached hydrogens (tertiary/aromatic N) is 1. The molecule has 0 fully saturated rings. The van der Waals surface area contributed by atoms with E-state index in [4.69, 9.17) is 0 Å². The minimum atomic E-state index is -0.705. The lowest BCUT2D eigenvalue weighted by atomic mass is 10.1. The van der Waals surface area contributed by atoms with Crippen molar-refractivity contribution in [3.05, 3.63) is 39.9 Å². The Labute approximate surface area is 142 Å². The fourth-order valence-electron chi connectivity index (χ4n) is 2.17. The number of amides is 2. The molecule has 0 spiro atoms. The molecule has 1 rings (SSSR count). The molecule has 7 nitrogen and oxygen atoms in total. The van der Waals surface area contributed by atoms with Crippen LogP contribution in [0.3, 0.4) is 0 Å². The van der Waals surface area contributed by atoms with Crippen LogP contribution in [-0.2, 0) is 9.59 Å². The lowest BCUT2D eigenvalue weighted by Crippen LogP contribution is -2.41. The van der Waals surface area contributed by atoms with E-state index in [-0.39, 0.29) is 29.3 Å². The Kier molecular flexibility index (Phi) is 7.35. The number of carbonyl (C=O) groups excluding carboxylic acids is 2. The second kappa shape index (κ2) is 9.00. The smallest absolute Gasteiger partial charge is 0.269 e. The highest BCUT2D eigenvalue weighted by Crippen LogP contribution is 2.17. The van der Waals surface area contributed by atoms with E-state index in [0.29, 0.717) is 18.4 Å². The first-order valence-electron chi connectivity index (χ1n) is 8.02. The monoisotopic (exact) mass is 335 g/mol. The number of nitro benzene ring substituents is 1. The molecule has 132 valence electrons. The van der Waals surface area contributed by atoms with Crippen molar-refractivity contribution in [1.29, 1.82) is 0 Å². The van der Waals surface area contributed by atoms with Gasteiger partial charge in [-0.2, -0.15) is 0 Å². The van der Waals surface area contributed by atoms with E-state index < -0.39 is 11.1 Å². The molecule has 0 saturated heterocycles. The molecular formula is C17H25N3O4. The van der Waals surface area contributed by atoms with Crippen molar-refractivity contribution < 1.29 is 14.5 Å². The van der Waals surface area contributed by atoms with Gasteiger partial charge in [-0.25, -0.2) is 0 Å². The molecule has 0 atom stereocenters. The summed E-state index contributed by atoms with van der Waals surface area (Å²) in [5.74, 6) is 0.0131. The summed E-state index contributed by atoms with van der Waals surface area (Å²) in [6, 6.07) is 5.78. The topological polar surface area (TPSA) is 101 Å². The summed E-state index contributed by atoms with van der Waals surface area (Å²) in [7, 11) is 0. The van der Waals surface area contributed by atoms with Crippen molar-refractivity contribution in [3.63, 3.8) is 0 Å². The molecule has 0 aromatic heterocycles. The van der Waals surface area contributed by atoms with Gasteiger partial charge in [-0.3, -0.25) is 19.7 Å². The molecule has 0 saturated carbocycles. The normalized spacial score (nSPS) is 11.0. The average molecular weight is 335 g/mol. The van der Waals surface area contributed by atoms with Gasteiger partial charge in [0.1, 0.15) is 6.17 Å². The fraction of sp³-hybridized carbons (Fsp3) is 0.529. The molecule has 1 aromatic rings. The van der Waals surface area contributed by atoms with Gasteiger partial charge in [0, 0.05) is 25.0 Å². The highest BCUT2D eigenvalue weighted by atomic mass is 16.6. The first-order chi connectivity index (χ1) is 11.2. The Hall–Kier alpha value is -2.44. The lowest BCUT2D eigenvalue weighted by molar-refractivity contribution is -0.384. The maximum atomic E-state index is 12.0. The molecule has 0 unspecified atom stereocenters. The van der Waals surface area contributed by atoms with E-state index >= 15 is 0 Å². The molecule has 24 heavy (non-hydrogen) atoms. The van der Waals surface area contributed by atoms with E-state index in [1.165, 1.54) is 24.3 Å². The minimum absolute atomic E-state index is 0.0421. The number of carbonyl (C=O) groups is 2. The van der Waals surface area contributed by atoms with Gasteiger partial charge in [0.2, 0.25) is 11.8 Å². The number of hydrogen-bond acceptors (Lipinski definition) is 4. The van der Waals surface area contributed by atoms with Crippen LogP contribution in [0.2, 0.25) is 0 Å². The quantitative estimate of drug-likeness (QED) is 0.433. The lowest BCUT2D eigenvalue weighted by Gasteiger charge is -2.22. The Morgan fingerprint density at radius 2 is 1.38 bits per heavy atom. The van der Waals surface area contributed by atoms with E-state index in [9.17, 15) is 19.7 Å². The molecular weight excluding hydrogens is 310 g/mol. The molecule has 0 radical (unpaired) electrons. The summed E-state index contributed by atoms with van der Waals surface area (Å²) >= 11 is 0. The summed E-state index contributed by atoms with van der Waals surface area (Å²) in [6.07, 6.45) is -0.0316. The van der Waals surface area contributed by atoms with Crippen LogP contribution < -0.4 is 10.6 Å². The van der Waals surface area contributed by atoms with Crippen LogP contribution >= 0.6 is 0 Å². The van der Waals surface area contributed by atoms with Crippen LogP contribution in [-0.4, -0.2) is 16.7 Å². The summed E-state index contributed by atoms with van der Waals surface area (Å²) in [4.78, 5) is 34.3. The van der Waals surface area contributed by atoms with Gasteiger partial charge in [-0.15, -0.1) is 0 Å². The molecule has 0 aliphatic heterocycles. The van der Waals surface area contributed by atoms with Gasteiger partial charge in [0.15, 0.2) is 0 Å². The molecule has 2 amide bonds. The van der Waals surface area contributed by atoms with E-state index in [0.717, 1.165) is 0 Å². The van der Waals surface area contributed by atoms with Gasteiger partial charge >= 0.3 is 0 Å². The van der Waals surface area contributed by atoms with Gasteiger partial charge in [-0.1, -0.05) is 27.7 Å². The SMILES string of the molecule is CC(C)CC(=O)NC(NC(=O)CC(C)C)c1ccc([N+](=O)[O-])cc1. The Morgan fingerprint density at radius 1 is 0.958 bits per heavy atom. The van der Waals surface area contributed by atoms with Crippen LogP contribution in [0.15, 0.2) is 24.3 Å². The van der Waals surface area contributed by atoms with Crippen molar-refractivity contribution in [3.8, 4) is 0 Å². The van der Waals surface area contributed by atoms with E-state index in [1.807, 2.05) is 27.7 Å². The summed E-state index contributed by atoms with van der Waals surface area (Å²) in [6.45, 7) is 7.71. The molecule has 0 aliphatic rings. The maximum Gasteiger partial charge on any atom is 0.269 e. The second-order valence-corrected chi connectivity index (χ2v) is 6.61. The van der Waals surface area contributed by atoms with Crippen LogP contribution in [0.5, 0.6) is 0 Å². The Balaban J connectivity index is 2.92. The maximum absolute atomic E-state index is 12.0. The Bertz CT molecular complexity index is 558. The van der Waals surface area contributed by atoms with Gasteiger partial charge in [0.25, 0.3) is 5.69 Å². The zero-order chi connectivity index (χ0) is 18.3. The standard InChI is InChI=1S/C17H25N3O4/c1-11(2)9-15(21)18-17(19-16(22)10-12(3)4)13-5-7-14(8-6-13)20(23)24/h5-8,11-12,17H,9-10H2,1-4H3,(H,18,21)(H,19,22). The second-order valence-electron chi connectivity index (χ2n) is 6.61. The summed E-state index contributed by atoms with van der Waals surface area (Å²) < 4.78 is 0. The molecule has 2 N–H and O–H groups in total. The molecule has 1 aromatic carbocycles. The number of non-ortho nitro benzene ring substituents is 1. The van der Waals surface area contributed by atoms with E-state index in [2.05, 4.69) is 10.6 Å². The van der Waals surface area contributed by atoms with E-state index in [1.54, 1.807) is 0 Å². The van der Waals surface area contributed by atoms with Crippen LogP contribution in [0.25, 0.3) is 0 Å². The van der Waals surface area contributed by atoms with Crippen LogP contribution in [0.4, 0.5) is 5.69 Å². The number of rotatable bonds is 8. The first-order valence-corrected chi connectivity index (χ1v) is 8.02. The van der Waals surface area contributed by atoms with Crippen molar-refractivity contribution in [2.24, 2.45) is 11.8 Å². The van der Waals surface area contributed by atoms with Crippen LogP contribution in [0.1, 0.15) is 52.3 Å². The van der Waals surface area contributed by atoms with Gasteiger partial charge < -0.3 is 10.6 Å². The highest BCUT2D eigenvalue weighted by molar-refractivity contribution is 5.79. The minimum Gasteiger partial charge on any atom is -0.332 e. The largest absolute Gasteiger partial charge is 0.332 e. The molecule has 0 aliphatic carbocycles. The average Bonchev–Trinajstić information content (AvgIpc) is 2.44. The van der Waals surface area contributed by atoms with Crippen molar-refractivity contribution in [2.45, 2.75) is 46.7 Å². The number of benzene rings is 1. The van der Waals surface area contributed by atoms with Crippen molar-refractivity contribution in [2.75, 3.05) is 0 Å². The highest BCUT2D eigenvalue weighted by Gasteiger charge is 2.19. The third-order valence-electron chi connectivity index (χ3n) is 3.24. The zero-order valence-electron chi connectivity index (χ0n) is 14.5. The van der Waals surface area contributed by atoms with Crippen LogP contribution in [0, 0.1) is 22.0 Å². The summed E-state index contributed by atoms with van der Waals surface area (Å²) in [5, 5.41) is 16.3. The number of nitrogens with one attached hydrogen (secondary N) is 2. The van der Waals surface area contributed by atoms with Gasteiger partial charge in [-0.05, 0) is 29.5 Å². The Morgan fingerprint density at radius 3 is 1.71 bits per heavy atom. The summed E-state index contributed by atoms with van der Waals surface area (Å²) in [5.41, 5.74) is 0.550. The predicted molar refractivity (Wildman–Crippen MR) is 91.0 cm³/mol. The van der Waals surface area contributed by atoms with Crippen molar-refractivity contribution in [1.82, 2.24) is 10.6 Å². The number of hydrogen-bond donors (Lipinski definition) is 2. The number of nitro groups is 1. The van der Waals surface area contributed by atoms with Gasteiger partial charge in [0.05, 0.1) is 4.92 Å². The first kappa shape index (κ1) is 19.6. The molecule has 7 heteroatoms. The zero-order valence-corrected chi connectivity index (χ0v) is 14.5. The predicted octanol–water partition coefficient (Wildman–Crippen LogP) is 2.92. The third-order valence-corrected chi connectivity index (χ3v) is 3.24. The molecule has 0 bridgehead atoms. The fourth-order valence-corrected chi connectivity index (χ4v) is 2.17. The van der Waals surface area contributed by atoms with Crippen molar-refractivity contribution >= 4 is 17.5 Å². The molecule has 0 heterocycles.